The van der Waals surface area contributed by atoms with E-state index in [2.05, 4.69) is 5.32 Å². The molecule has 1 heterocycles. The first kappa shape index (κ1) is 11.9. The van der Waals surface area contributed by atoms with Gasteiger partial charge in [0, 0.05) is 18.8 Å². The van der Waals surface area contributed by atoms with Crippen molar-refractivity contribution in [3.05, 3.63) is 34.7 Å². The molecule has 1 saturated carbocycles. The Balaban J connectivity index is 1.85. The summed E-state index contributed by atoms with van der Waals surface area (Å²) in [6.45, 7) is 0.267. The molecule has 0 aliphatic heterocycles. The Morgan fingerprint density at radius 3 is 2.82 bits per heavy atom. The van der Waals surface area contributed by atoms with Gasteiger partial charge in [0.2, 0.25) is 5.91 Å². The minimum absolute atomic E-state index is 0.00421. The molecule has 1 fully saturated rings. The maximum absolute atomic E-state index is 11.6. The molecule has 1 aliphatic carbocycles. The molecule has 1 aliphatic rings. The number of aliphatic hydroxyl groups is 1. The van der Waals surface area contributed by atoms with Crippen molar-refractivity contribution in [2.45, 2.75) is 31.4 Å². The minimum Gasteiger partial charge on any atom is -0.388 e. The number of rotatable bonds is 4. The summed E-state index contributed by atoms with van der Waals surface area (Å²) >= 11 is 0. The van der Waals surface area contributed by atoms with Gasteiger partial charge in [-0.1, -0.05) is 6.07 Å². The fourth-order valence-electron chi connectivity index (χ4n) is 1.83. The quantitative estimate of drug-likeness (QED) is 0.765. The minimum atomic E-state index is -0.725. The van der Waals surface area contributed by atoms with E-state index in [0.29, 0.717) is 0 Å². The number of nitrogens with one attached hydrogen (secondary N) is 1. The lowest BCUT2D eigenvalue weighted by Crippen LogP contribution is -2.48. The van der Waals surface area contributed by atoms with Crippen molar-refractivity contribution in [3.8, 4) is 0 Å². The third kappa shape index (κ3) is 2.94. The van der Waals surface area contributed by atoms with E-state index in [1.54, 1.807) is 18.3 Å². The fourth-order valence-corrected chi connectivity index (χ4v) is 1.83. The molecule has 2 rings (SSSR count). The van der Waals surface area contributed by atoms with E-state index in [4.69, 9.17) is 0 Å². The van der Waals surface area contributed by atoms with Crippen molar-refractivity contribution in [3.63, 3.8) is 0 Å². The second-order valence-electron chi connectivity index (χ2n) is 4.52. The van der Waals surface area contributed by atoms with Crippen LogP contribution in [0.1, 0.15) is 19.3 Å². The predicted molar refractivity (Wildman–Crippen MR) is 62.5 cm³/mol. The summed E-state index contributed by atoms with van der Waals surface area (Å²) in [5, 5.41) is 12.4. The molecule has 17 heavy (non-hydrogen) atoms. The van der Waals surface area contributed by atoms with Gasteiger partial charge in [-0.15, -0.1) is 0 Å². The summed E-state index contributed by atoms with van der Waals surface area (Å²) in [5.41, 5.74) is -0.929. The molecule has 5 nitrogen and oxygen atoms in total. The number of aromatic nitrogens is 1. The van der Waals surface area contributed by atoms with Gasteiger partial charge in [0.1, 0.15) is 6.54 Å². The van der Waals surface area contributed by atoms with Crippen LogP contribution >= 0.6 is 0 Å². The second-order valence-corrected chi connectivity index (χ2v) is 4.52. The predicted octanol–water partition coefficient (Wildman–Crippen LogP) is -0.121. The normalized spacial score (nSPS) is 17.2. The summed E-state index contributed by atoms with van der Waals surface area (Å²) in [4.78, 5) is 22.9. The summed E-state index contributed by atoms with van der Waals surface area (Å²) in [6, 6.07) is 4.74. The molecule has 0 saturated heterocycles. The second kappa shape index (κ2) is 4.71. The standard InChI is InChI=1S/C12H16N2O3/c15-10(13-9-12(17)5-3-6-12)8-14-7-2-1-4-11(14)16/h1-2,4,7,17H,3,5-6,8-9H2,(H,13,15). The highest BCUT2D eigenvalue weighted by molar-refractivity contribution is 5.75. The van der Waals surface area contributed by atoms with E-state index in [1.165, 1.54) is 10.6 Å². The number of amides is 1. The number of carbonyl (C=O) groups excluding carboxylic acids is 1. The van der Waals surface area contributed by atoms with Crippen LogP contribution in [0, 0.1) is 0 Å². The molecule has 0 bridgehead atoms. The fraction of sp³-hybridized carbons (Fsp3) is 0.500. The van der Waals surface area contributed by atoms with E-state index in [9.17, 15) is 14.7 Å². The highest BCUT2D eigenvalue weighted by Crippen LogP contribution is 2.30. The van der Waals surface area contributed by atoms with Gasteiger partial charge in [0.25, 0.3) is 5.56 Å². The maximum atomic E-state index is 11.6. The maximum Gasteiger partial charge on any atom is 0.250 e. The third-order valence-electron chi connectivity index (χ3n) is 3.11. The Labute approximate surface area is 99.1 Å². The molecule has 0 atom stereocenters. The van der Waals surface area contributed by atoms with Gasteiger partial charge in [-0.25, -0.2) is 0 Å². The smallest absolute Gasteiger partial charge is 0.250 e. The number of hydrogen-bond acceptors (Lipinski definition) is 3. The lowest BCUT2D eigenvalue weighted by molar-refractivity contribution is -0.124. The number of pyridine rings is 1. The van der Waals surface area contributed by atoms with Crippen LogP contribution in [0.15, 0.2) is 29.2 Å². The molecule has 0 unspecified atom stereocenters. The van der Waals surface area contributed by atoms with E-state index in [0.717, 1.165) is 19.3 Å². The van der Waals surface area contributed by atoms with E-state index >= 15 is 0 Å². The largest absolute Gasteiger partial charge is 0.388 e. The zero-order chi connectivity index (χ0) is 12.3. The Bertz CT molecular complexity index is 463. The van der Waals surface area contributed by atoms with Crippen molar-refractivity contribution in [2.24, 2.45) is 0 Å². The molecule has 1 aromatic rings. The van der Waals surface area contributed by atoms with E-state index < -0.39 is 5.60 Å². The van der Waals surface area contributed by atoms with Gasteiger partial charge in [-0.3, -0.25) is 9.59 Å². The van der Waals surface area contributed by atoms with Crippen LogP contribution in [0.2, 0.25) is 0 Å². The molecule has 5 heteroatoms. The number of nitrogens with zero attached hydrogens (tertiary/aromatic N) is 1. The highest BCUT2D eigenvalue weighted by atomic mass is 16.3. The van der Waals surface area contributed by atoms with Crippen molar-refractivity contribution in [2.75, 3.05) is 6.54 Å². The van der Waals surface area contributed by atoms with Gasteiger partial charge < -0.3 is 15.0 Å². The molecule has 0 aromatic carbocycles. The molecule has 92 valence electrons. The average molecular weight is 236 g/mol. The summed E-state index contributed by atoms with van der Waals surface area (Å²) in [6.07, 6.45) is 4.04. The molecular formula is C12H16N2O3. The van der Waals surface area contributed by atoms with Crippen LogP contribution in [-0.4, -0.2) is 27.7 Å². The monoisotopic (exact) mass is 236 g/mol. The van der Waals surface area contributed by atoms with Gasteiger partial charge in [0.15, 0.2) is 0 Å². The van der Waals surface area contributed by atoms with Crippen LogP contribution in [0.3, 0.4) is 0 Å². The molecule has 2 N–H and O–H groups in total. The van der Waals surface area contributed by atoms with Crippen LogP contribution in [0.5, 0.6) is 0 Å². The lowest BCUT2D eigenvalue weighted by atomic mass is 9.80. The summed E-state index contributed by atoms with van der Waals surface area (Å²) < 4.78 is 1.33. The summed E-state index contributed by atoms with van der Waals surface area (Å²) in [7, 11) is 0. The number of carbonyl (C=O) groups is 1. The number of hydrogen-bond donors (Lipinski definition) is 2. The van der Waals surface area contributed by atoms with Crippen LogP contribution in [0.25, 0.3) is 0 Å². The van der Waals surface area contributed by atoms with Crippen molar-refractivity contribution in [1.29, 1.82) is 0 Å². The zero-order valence-electron chi connectivity index (χ0n) is 9.56. The van der Waals surface area contributed by atoms with Crippen molar-refractivity contribution in [1.82, 2.24) is 9.88 Å². The van der Waals surface area contributed by atoms with Gasteiger partial charge in [-0.05, 0) is 25.3 Å². The van der Waals surface area contributed by atoms with Crippen LogP contribution in [0.4, 0.5) is 0 Å². The molecular weight excluding hydrogens is 220 g/mol. The average Bonchev–Trinajstić information content (AvgIpc) is 2.27. The van der Waals surface area contributed by atoms with Gasteiger partial charge >= 0.3 is 0 Å². The topological polar surface area (TPSA) is 71.3 Å². The van der Waals surface area contributed by atoms with E-state index in [1.807, 2.05) is 0 Å². The van der Waals surface area contributed by atoms with E-state index in [-0.39, 0.29) is 24.6 Å². The van der Waals surface area contributed by atoms with Crippen molar-refractivity contribution >= 4 is 5.91 Å². The SMILES string of the molecule is O=C(Cn1ccccc1=O)NCC1(O)CCC1. The molecule has 1 amide bonds. The van der Waals surface area contributed by atoms with Crippen LogP contribution < -0.4 is 10.9 Å². The molecule has 0 radical (unpaired) electrons. The lowest BCUT2D eigenvalue weighted by Gasteiger charge is -2.36. The highest BCUT2D eigenvalue weighted by Gasteiger charge is 2.34. The third-order valence-corrected chi connectivity index (χ3v) is 3.11. The Morgan fingerprint density at radius 1 is 1.47 bits per heavy atom. The Hall–Kier alpha value is -1.62. The Kier molecular flexibility index (Phi) is 3.28. The summed E-state index contributed by atoms with van der Waals surface area (Å²) in [5.74, 6) is -0.251. The van der Waals surface area contributed by atoms with Gasteiger partial charge in [-0.2, -0.15) is 0 Å². The zero-order valence-corrected chi connectivity index (χ0v) is 9.56. The first-order valence-electron chi connectivity index (χ1n) is 5.74. The first-order chi connectivity index (χ1) is 8.09. The molecule has 1 aromatic heterocycles. The first-order valence-corrected chi connectivity index (χ1v) is 5.74. The molecule has 0 spiro atoms. The van der Waals surface area contributed by atoms with Crippen LogP contribution in [-0.2, 0) is 11.3 Å². The van der Waals surface area contributed by atoms with Crippen molar-refractivity contribution < 1.29 is 9.90 Å². The van der Waals surface area contributed by atoms with Gasteiger partial charge in [0.05, 0.1) is 5.60 Å². The Morgan fingerprint density at radius 2 is 2.24 bits per heavy atom.